The minimum atomic E-state index is -0.588. The molecule has 3 N–H and O–H groups in total. The summed E-state index contributed by atoms with van der Waals surface area (Å²) in [6.45, 7) is 3.77. The first-order chi connectivity index (χ1) is 12.2. The first-order valence-electron chi connectivity index (χ1n) is 8.19. The number of aliphatic imine (C=N–C) groups is 1. The van der Waals surface area contributed by atoms with Gasteiger partial charge in [-0.2, -0.15) is 0 Å². The van der Waals surface area contributed by atoms with Crippen LogP contribution in [0.15, 0.2) is 41.7 Å². The molecule has 1 aromatic carbocycles. The highest BCUT2D eigenvalue weighted by Gasteiger charge is 2.12. The lowest BCUT2D eigenvalue weighted by atomic mass is 10.2. The van der Waals surface area contributed by atoms with Gasteiger partial charge in [-0.15, -0.1) is 45.5 Å². The Morgan fingerprint density at radius 3 is 2.88 bits per heavy atom. The summed E-state index contributed by atoms with van der Waals surface area (Å²) in [6.07, 6.45) is 1.12. The second-order valence-corrected chi connectivity index (χ2v) is 6.66. The summed E-state index contributed by atoms with van der Waals surface area (Å²) in [4.78, 5) is 5.12. The molecule has 26 heavy (non-hydrogen) atoms. The molecule has 7 nitrogen and oxygen atoms in total. The minimum Gasteiger partial charge on any atom is -0.386 e. The van der Waals surface area contributed by atoms with Gasteiger partial charge in [0.2, 0.25) is 0 Å². The summed E-state index contributed by atoms with van der Waals surface area (Å²) in [5.41, 5.74) is 0. The van der Waals surface area contributed by atoms with E-state index in [-0.39, 0.29) is 24.0 Å². The number of thiophene rings is 1. The smallest absolute Gasteiger partial charge is 0.191 e. The van der Waals surface area contributed by atoms with Crippen LogP contribution in [0.25, 0.3) is 10.1 Å². The van der Waals surface area contributed by atoms with Gasteiger partial charge in [-0.3, -0.25) is 4.99 Å². The number of aliphatic hydroxyl groups is 1. The topological polar surface area (TPSA) is 87.4 Å². The van der Waals surface area contributed by atoms with Crippen LogP contribution in [0.1, 0.15) is 23.7 Å². The molecule has 0 spiro atoms. The Kier molecular flexibility index (Phi) is 7.79. The maximum absolute atomic E-state index is 10.4. The quantitative estimate of drug-likeness (QED) is 0.283. The third kappa shape index (κ3) is 4.92. The first-order valence-corrected chi connectivity index (χ1v) is 9.00. The number of halogens is 1. The van der Waals surface area contributed by atoms with Crippen molar-refractivity contribution in [2.45, 2.75) is 26.1 Å². The van der Waals surface area contributed by atoms with Gasteiger partial charge in [-0.1, -0.05) is 18.2 Å². The largest absolute Gasteiger partial charge is 0.386 e. The Balaban J connectivity index is 0.00000243. The Morgan fingerprint density at radius 1 is 1.35 bits per heavy atom. The molecule has 2 aromatic heterocycles. The Hall–Kier alpha value is -1.72. The van der Waals surface area contributed by atoms with Crippen LogP contribution in [0.3, 0.4) is 0 Å². The van der Waals surface area contributed by atoms with E-state index in [4.69, 9.17) is 0 Å². The number of fused-ring (bicyclic) bond motifs is 1. The molecule has 9 heteroatoms. The van der Waals surface area contributed by atoms with Gasteiger partial charge < -0.3 is 20.3 Å². The fourth-order valence-electron chi connectivity index (χ4n) is 2.52. The van der Waals surface area contributed by atoms with Gasteiger partial charge in [0.15, 0.2) is 11.8 Å². The number of nitrogens with zero attached hydrogens (tertiary/aromatic N) is 4. The zero-order valence-corrected chi connectivity index (χ0v) is 17.9. The standard InChI is InChI=1S/C17H22N6OS.HI/c1-3-23-11-21-22-16(23)10-20-17(18-2)19-9-13(24)15-8-12-6-4-5-7-14(12)25-15;/h4-8,11,13,24H,3,9-10H2,1-2H3,(H2,18,19,20);1H. The molecule has 0 saturated heterocycles. The Labute approximate surface area is 173 Å². The third-order valence-electron chi connectivity index (χ3n) is 3.91. The number of benzene rings is 1. The van der Waals surface area contributed by atoms with Gasteiger partial charge in [0, 0.05) is 29.7 Å². The number of hydrogen-bond donors (Lipinski definition) is 3. The van der Waals surface area contributed by atoms with Crippen molar-refractivity contribution < 1.29 is 5.11 Å². The summed E-state index contributed by atoms with van der Waals surface area (Å²) in [5.74, 6) is 1.46. The van der Waals surface area contributed by atoms with Gasteiger partial charge in [0.25, 0.3) is 0 Å². The number of nitrogens with one attached hydrogen (secondary N) is 2. The van der Waals surface area contributed by atoms with Crippen molar-refractivity contribution in [3.05, 3.63) is 47.4 Å². The molecule has 3 aromatic rings. The monoisotopic (exact) mass is 486 g/mol. The van der Waals surface area contributed by atoms with E-state index < -0.39 is 6.10 Å². The average Bonchev–Trinajstić information content (AvgIpc) is 3.27. The zero-order chi connectivity index (χ0) is 17.6. The highest BCUT2D eigenvalue weighted by molar-refractivity contribution is 14.0. The van der Waals surface area contributed by atoms with Gasteiger partial charge in [-0.05, 0) is 24.4 Å². The van der Waals surface area contributed by atoms with Crippen molar-refractivity contribution in [2.75, 3.05) is 13.6 Å². The van der Waals surface area contributed by atoms with Crippen LogP contribution in [0, 0.1) is 0 Å². The predicted molar refractivity (Wildman–Crippen MR) is 116 cm³/mol. The molecule has 0 amide bonds. The molecule has 3 rings (SSSR count). The molecule has 140 valence electrons. The summed E-state index contributed by atoms with van der Waals surface area (Å²) in [6, 6.07) is 10.2. The molecular formula is C17H23IN6OS. The molecule has 2 heterocycles. The van der Waals surface area contributed by atoms with Crippen LogP contribution in [0.5, 0.6) is 0 Å². The van der Waals surface area contributed by atoms with Crippen molar-refractivity contribution >= 4 is 51.4 Å². The SMILES string of the molecule is CCn1cnnc1CNC(=NC)NCC(O)c1cc2ccccc2s1.I. The number of aromatic nitrogens is 3. The van der Waals surface area contributed by atoms with Crippen molar-refractivity contribution in [3.63, 3.8) is 0 Å². The van der Waals surface area contributed by atoms with Crippen LogP contribution >= 0.6 is 35.3 Å². The number of aryl methyl sites for hydroxylation is 1. The van der Waals surface area contributed by atoms with Crippen molar-refractivity contribution in [1.29, 1.82) is 0 Å². The number of aliphatic hydroxyl groups excluding tert-OH is 1. The predicted octanol–water partition coefficient (Wildman–Crippen LogP) is 2.53. The summed E-state index contributed by atoms with van der Waals surface area (Å²) in [5, 5.41) is 25.9. The van der Waals surface area contributed by atoms with E-state index in [0.29, 0.717) is 19.0 Å². The maximum Gasteiger partial charge on any atom is 0.191 e. The molecule has 0 radical (unpaired) electrons. The van der Waals surface area contributed by atoms with E-state index in [2.05, 4.69) is 38.0 Å². The van der Waals surface area contributed by atoms with E-state index in [0.717, 1.165) is 22.6 Å². The van der Waals surface area contributed by atoms with E-state index in [1.165, 1.54) is 4.70 Å². The lowest BCUT2D eigenvalue weighted by Crippen LogP contribution is -2.39. The van der Waals surface area contributed by atoms with Crippen molar-refractivity contribution in [1.82, 2.24) is 25.4 Å². The summed E-state index contributed by atoms with van der Waals surface area (Å²) < 4.78 is 3.14. The fraction of sp³-hybridized carbons (Fsp3) is 0.353. The fourth-order valence-corrected chi connectivity index (χ4v) is 3.57. The maximum atomic E-state index is 10.4. The molecule has 0 aliphatic carbocycles. The molecule has 0 fully saturated rings. The number of guanidine groups is 1. The lowest BCUT2D eigenvalue weighted by Gasteiger charge is -2.14. The molecule has 1 unspecified atom stereocenters. The van der Waals surface area contributed by atoms with Crippen LogP contribution in [-0.4, -0.2) is 39.4 Å². The summed E-state index contributed by atoms with van der Waals surface area (Å²) in [7, 11) is 1.70. The normalized spacial score (nSPS) is 12.7. The van der Waals surface area contributed by atoms with Crippen LogP contribution in [0.4, 0.5) is 0 Å². The molecule has 0 saturated carbocycles. The second-order valence-electron chi connectivity index (χ2n) is 5.54. The van der Waals surface area contributed by atoms with Gasteiger partial charge in [0.05, 0.1) is 6.54 Å². The average molecular weight is 486 g/mol. The number of rotatable bonds is 6. The highest BCUT2D eigenvalue weighted by Crippen LogP contribution is 2.29. The number of hydrogen-bond acceptors (Lipinski definition) is 5. The van der Waals surface area contributed by atoms with E-state index >= 15 is 0 Å². The molecule has 0 aliphatic rings. The zero-order valence-electron chi connectivity index (χ0n) is 14.7. The molecule has 1 atom stereocenters. The first kappa shape index (κ1) is 20.6. The summed E-state index contributed by atoms with van der Waals surface area (Å²) >= 11 is 1.61. The van der Waals surface area contributed by atoms with E-state index in [9.17, 15) is 5.11 Å². The highest BCUT2D eigenvalue weighted by atomic mass is 127. The Morgan fingerprint density at radius 2 is 2.15 bits per heavy atom. The lowest BCUT2D eigenvalue weighted by molar-refractivity contribution is 0.184. The van der Waals surface area contributed by atoms with E-state index in [1.807, 2.05) is 29.7 Å². The molecule has 0 aliphatic heterocycles. The van der Waals surface area contributed by atoms with Crippen molar-refractivity contribution in [3.8, 4) is 0 Å². The van der Waals surface area contributed by atoms with Crippen molar-refractivity contribution in [2.24, 2.45) is 4.99 Å². The minimum absolute atomic E-state index is 0. The van der Waals surface area contributed by atoms with Gasteiger partial charge in [-0.25, -0.2) is 0 Å². The van der Waals surface area contributed by atoms with Gasteiger partial charge in [0.1, 0.15) is 12.4 Å². The van der Waals surface area contributed by atoms with Crippen LogP contribution in [-0.2, 0) is 13.1 Å². The van der Waals surface area contributed by atoms with Gasteiger partial charge >= 0.3 is 0 Å². The second kappa shape index (κ2) is 9.83. The van der Waals surface area contributed by atoms with Crippen LogP contribution in [0.2, 0.25) is 0 Å². The van der Waals surface area contributed by atoms with Crippen LogP contribution < -0.4 is 10.6 Å². The molecular weight excluding hydrogens is 463 g/mol. The Bertz CT molecular complexity index is 829. The van der Waals surface area contributed by atoms with E-state index in [1.54, 1.807) is 24.7 Å². The molecule has 0 bridgehead atoms. The third-order valence-corrected chi connectivity index (χ3v) is 5.13.